The van der Waals surface area contributed by atoms with Gasteiger partial charge in [0, 0.05) is 12.6 Å². The van der Waals surface area contributed by atoms with Crippen molar-refractivity contribution in [3.63, 3.8) is 0 Å². The fourth-order valence-corrected chi connectivity index (χ4v) is 2.73. The molecule has 1 atom stereocenters. The monoisotopic (exact) mass is 311 g/mol. The van der Waals surface area contributed by atoms with Crippen LogP contribution in [-0.2, 0) is 9.53 Å². The van der Waals surface area contributed by atoms with Gasteiger partial charge in [0.15, 0.2) is 0 Å². The Kier molecular flexibility index (Phi) is 6.30. The largest absolute Gasteiger partial charge is 0.480 e. The highest BCUT2D eigenvalue weighted by molar-refractivity contribution is 5.68. The molecule has 1 fully saturated rings. The number of nitrogens with one attached hydrogen (secondary N) is 1. The van der Waals surface area contributed by atoms with Crippen LogP contribution in [0.2, 0.25) is 0 Å². The Morgan fingerprint density at radius 1 is 1.36 bits per heavy atom. The van der Waals surface area contributed by atoms with Crippen molar-refractivity contribution in [1.29, 1.82) is 0 Å². The van der Waals surface area contributed by atoms with Gasteiger partial charge in [-0.05, 0) is 43.4 Å². The van der Waals surface area contributed by atoms with Gasteiger partial charge in [-0.1, -0.05) is 12.1 Å². The van der Waals surface area contributed by atoms with Gasteiger partial charge in [0.25, 0.3) is 0 Å². The van der Waals surface area contributed by atoms with Crippen LogP contribution in [0.4, 0.5) is 4.39 Å². The zero-order chi connectivity index (χ0) is 15.9. The van der Waals surface area contributed by atoms with Gasteiger partial charge >= 0.3 is 5.97 Å². The number of aliphatic hydroxyl groups excluding tert-OH is 1. The molecule has 0 heterocycles. The second kappa shape index (κ2) is 8.22. The number of carbonyl (C=O) groups is 1. The van der Waals surface area contributed by atoms with Crippen LogP contribution in [-0.4, -0.2) is 41.5 Å². The first-order valence-corrected chi connectivity index (χ1v) is 7.55. The molecular weight excluding hydrogens is 289 g/mol. The quantitative estimate of drug-likeness (QED) is 0.716. The van der Waals surface area contributed by atoms with Gasteiger partial charge in [-0.25, -0.2) is 9.18 Å². The van der Waals surface area contributed by atoms with E-state index in [0.717, 1.165) is 25.7 Å². The molecule has 1 aromatic carbocycles. The first-order chi connectivity index (χ1) is 10.5. The normalized spacial score (nSPS) is 23.2. The van der Waals surface area contributed by atoms with E-state index in [4.69, 9.17) is 9.84 Å². The molecule has 22 heavy (non-hydrogen) atoms. The van der Waals surface area contributed by atoms with E-state index in [1.807, 2.05) is 0 Å². The third-order valence-electron chi connectivity index (χ3n) is 3.95. The summed E-state index contributed by atoms with van der Waals surface area (Å²) >= 11 is 0. The molecule has 1 saturated carbocycles. The molecule has 5 nitrogen and oxygen atoms in total. The van der Waals surface area contributed by atoms with Crippen LogP contribution in [0.3, 0.4) is 0 Å². The second-order valence-electron chi connectivity index (χ2n) is 5.66. The summed E-state index contributed by atoms with van der Waals surface area (Å²) < 4.78 is 18.4. The predicted molar refractivity (Wildman–Crippen MR) is 79.0 cm³/mol. The maximum Gasteiger partial charge on any atom is 0.329 e. The third kappa shape index (κ3) is 5.36. The van der Waals surface area contributed by atoms with Crippen molar-refractivity contribution in [1.82, 2.24) is 5.32 Å². The first kappa shape index (κ1) is 16.9. The van der Waals surface area contributed by atoms with E-state index in [1.165, 1.54) is 12.1 Å². The van der Waals surface area contributed by atoms with Crippen LogP contribution >= 0.6 is 0 Å². The van der Waals surface area contributed by atoms with Gasteiger partial charge in [0.05, 0.1) is 12.2 Å². The molecule has 1 aromatic rings. The predicted octanol–water partition coefficient (Wildman–Crippen LogP) is 1.86. The molecule has 0 aliphatic heterocycles. The van der Waals surface area contributed by atoms with Crippen LogP contribution in [0.25, 0.3) is 0 Å². The van der Waals surface area contributed by atoms with Gasteiger partial charge in [-0.15, -0.1) is 0 Å². The minimum Gasteiger partial charge on any atom is -0.480 e. The summed E-state index contributed by atoms with van der Waals surface area (Å²) in [6.07, 6.45) is 2.63. The van der Waals surface area contributed by atoms with E-state index in [1.54, 1.807) is 12.1 Å². The Morgan fingerprint density at radius 3 is 2.73 bits per heavy atom. The average molecular weight is 311 g/mol. The molecular formula is C16H22FNO4. The fraction of sp³-hybridized carbons (Fsp3) is 0.562. The summed E-state index contributed by atoms with van der Waals surface area (Å²) in [6, 6.07) is 6.24. The fourth-order valence-electron chi connectivity index (χ4n) is 2.73. The maximum absolute atomic E-state index is 13.1. The van der Waals surface area contributed by atoms with E-state index in [0.29, 0.717) is 12.1 Å². The highest BCUT2D eigenvalue weighted by Crippen LogP contribution is 2.22. The Labute approximate surface area is 129 Å². The number of aliphatic hydroxyl groups is 1. The number of ether oxygens (including phenoxy) is 1. The number of aliphatic carboxylic acids is 1. The van der Waals surface area contributed by atoms with E-state index in [-0.39, 0.29) is 24.6 Å². The Balaban J connectivity index is 1.69. The standard InChI is InChI=1S/C16H22FNO4/c17-12-3-1-2-11(8-12)15(19)9-18-13-4-6-14(7-5-13)22-10-16(20)21/h1-3,8,13-15,18-19H,4-7,9-10H2,(H,20,21)/t13?,14?,15-/m0/s1. The van der Waals surface area contributed by atoms with E-state index in [9.17, 15) is 14.3 Å². The van der Waals surface area contributed by atoms with Gasteiger partial charge in [0.2, 0.25) is 0 Å². The number of rotatable bonds is 7. The van der Waals surface area contributed by atoms with Crippen molar-refractivity contribution >= 4 is 5.97 Å². The van der Waals surface area contributed by atoms with Crippen molar-refractivity contribution in [3.8, 4) is 0 Å². The van der Waals surface area contributed by atoms with Gasteiger partial charge in [0.1, 0.15) is 12.4 Å². The summed E-state index contributed by atoms with van der Waals surface area (Å²) in [5, 5.41) is 21.9. The molecule has 3 N–H and O–H groups in total. The topological polar surface area (TPSA) is 78.8 Å². The molecule has 0 amide bonds. The average Bonchev–Trinajstić information content (AvgIpc) is 2.51. The van der Waals surface area contributed by atoms with Crippen LogP contribution in [0, 0.1) is 5.82 Å². The maximum atomic E-state index is 13.1. The molecule has 6 heteroatoms. The summed E-state index contributed by atoms with van der Waals surface area (Å²) in [7, 11) is 0. The minimum atomic E-state index is -0.946. The smallest absolute Gasteiger partial charge is 0.329 e. The summed E-state index contributed by atoms with van der Waals surface area (Å²) in [5.41, 5.74) is 0.561. The van der Waals surface area contributed by atoms with E-state index < -0.39 is 12.1 Å². The SMILES string of the molecule is O=C(O)COC1CCC(NC[C@H](O)c2cccc(F)c2)CC1. The van der Waals surface area contributed by atoms with E-state index >= 15 is 0 Å². The second-order valence-corrected chi connectivity index (χ2v) is 5.66. The van der Waals surface area contributed by atoms with E-state index in [2.05, 4.69) is 5.32 Å². The number of carboxylic acid groups (broad SMARTS) is 1. The summed E-state index contributed by atoms with van der Waals surface area (Å²) in [6.45, 7) is 0.121. The lowest BCUT2D eigenvalue weighted by Crippen LogP contribution is -2.37. The molecule has 0 saturated heterocycles. The first-order valence-electron chi connectivity index (χ1n) is 7.55. The van der Waals surface area contributed by atoms with Crippen molar-refractivity contribution in [2.45, 2.75) is 43.9 Å². The lowest BCUT2D eigenvalue weighted by molar-refractivity contribution is -0.145. The number of benzene rings is 1. The number of carboxylic acids is 1. The zero-order valence-electron chi connectivity index (χ0n) is 12.4. The van der Waals surface area contributed by atoms with Crippen LogP contribution in [0.5, 0.6) is 0 Å². The third-order valence-corrected chi connectivity index (χ3v) is 3.95. The van der Waals surface area contributed by atoms with Crippen molar-refractivity contribution in [3.05, 3.63) is 35.6 Å². The molecule has 1 aliphatic rings. The minimum absolute atomic E-state index is 0.00212. The van der Waals surface area contributed by atoms with Crippen molar-refractivity contribution in [2.75, 3.05) is 13.2 Å². The molecule has 0 unspecified atom stereocenters. The number of hydrogen-bond acceptors (Lipinski definition) is 4. The Morgan fingerprint density at radius 2 is 2.09 bits per heavy atom. The van der Waals surface area contributed by atoms with Crippen LogP contribution < -0.4 is 5.32 Å². The molecule has 0 radical (unpaired) electrons. The Bertz CT molecular complexity index is 489. The van der Waals surface area contributed by atoms with Crippen LogP contribution in [0.1, 0.15) is 37.4 Å². The van der Waals surface area contributed by atoms with Gasteiger partial charge in [-0.2, -0.15) is 0 Å². The lowest BCUT2D eigenvalue weighted by Gasteiger charge is -2.29. The van der Waals surface area contributed by atoms with Crippen molar-refractivity contribution < 1.29 is 24.1 Å². The van der Waals surface area contributed by atoms with Gasteiger partial charge in [-0.3, -0.25) is 0 Å². The number of hydrogen-bond donors (Lipinski definition) is 3. The van der Waals surface area contributed by atoms with Crippen LogP contribution in [0.15, 0.2) is 24.3 Å². The highest BCUT2D eigenvalue weighted by atomic mass is 19.1. The Hall–Kier alpha value is -1.50. The van der Waals surface area contributed by atoms with Gasteiger partial charge < -0.3 is 20.3 Å². The lowest BCUT2D eigenvalue weighted by atomic mass is 9.92. The zero-order valence-corrected chi connectivity index (χ0v) is 12.4. The highest BCUT2D eigenvalue weighted by Gasteiger charge is 2.22. The molecule has 2 rings (SSSR count). The molecule has 0 aromatic heterocycles. The van der Waals surface area contributed by atoms with Crippen molar-refractivity contribution in [2.24, 2.45) is 0 Å². The number of halogens is 1. The molecule has 122 valence electrons. The molecule has 1 aliphatic carbocycles. The molecule has 0 spiro atoms. The summed E-state index contributed by atoms with van der Waals surface area (Å²) in [5.74, 6) is -1.30. The summed E-state index contributed by atoms with van der Waals surface area (Å²) in [4.78, 5) is 10.5. The molecule has 0 bridgehead atoms.